The molecule has 29 heavy (non-hydrogen) atoms. The molecule has 0 unspecified atom stereocenters. The first kappa shape index (κ1) is 20.7. The lowest BCUT2D eigenvalue weighted by Crippen LogP contribution is -2.14. The number of hydrogen-bond acceptors (Lipinski definition) is 6. The summed E-state index contributed by atoms with van der Waals surface area (Å²) in [6.07, 6.45) is 3.36. The highest BCUT2D eigenvalue weighted by atomic mass is 35.5. The SMILES string of the molecule is CCCn1c(SCC(=O)Nc2nc(-c3ccc(Cl)cc3Cl)cs2)nnc1C1CC1. The molecule has 1 N–H and O–H groups in total. The maximum Gasteiger partial charge on any atom is 0.236 e. The number of thiazole rings is 1. The van der Waals surface area contributed by atoms with Crippen molar-refractivity contribution in [1.82, 2.24) is 19.7 Å². The molecule has 1 aromatic carbocycles. The highest BCUT2D eigenvalue weighted by molar-refractivity contribution is 7.99. The third-order valence-electron chi connectivity index (χ3n) is 4.43. The number of anilines is 1. The number of thioether (sulfide) groups is 1. The van der Waals surface area contributed by atoms with Crippen molar-refractivity contribution in [3.8, 4) is 11.3 Å². The monoisotopic (exact) mass is 467 g/mol. The summed E-state index contributed by atoms with van der Waals surface area (Å²) < 4.78 is 2.15. The van der Waals surface area contributed by atoms with Crippen molar-refractivity contribution in [3.63, 3.8) is 0 Å². The van der Waals surface area contributed by atoms with Crippen LogP contribution in [0.3, 0.4) is 0 Å². The van der Waals surface area contributed by atoms with Crippen LogP contribution >= 0.6 is 46.3 Å². The van der Waals surface area contributed by atoms with E-state index in [1.54, 1.807) is 12.1 Å². The van der Waals surface area contributed by atoms with E-state index in [0.29, 0.717) is 26.8 Å². The minimum absolute atomic E-state index is 0.128. The van der Waals surface area contributed by atoms with Crippen LogP contribution in [0.1, 0.15) is 37.9 Å². The zero-order valence-electron chi connectivity index (χ0n) is 15.7. The zero-order valence-corrected chi connectivity index (χ0v) is 18.8. The molecule has 0 aliphatic heterocycles. The van der Waals surface area contributed by atoms with Gasteiger partial charge in [-0.15, -0.1) is 21.5 Å². The molecule has 2 aromatic heterocycles. The van der Waals surface area contributed by atoms with Gasteiger partial charge in [-0.3, -0.25) is 4.79 Å². The van der Waals surface area contributed by atoms with Gasteiger partial charge >= 0.3 is 0 Å². The molecule has 2 heterocycles. The second kappa shape index (κ2) is 9.04. The molecule has 0 radical (unpaired) electrons. The number of carbonyl (C=O) groups excluding carboxylic acids is 1. The van der Waals surface area contributed by atoms with Gasteiger partial charge in [0.2, 0.25) is 5.91 Å². The van der Waals surface area contributed by atoms with Crippen molar-refractivity contribution < 1.29 is 4.79 Å². The highest BCUT2D eigenvalue weighted by Gasteiger charge is 2.30. The van der Waals surface area contributed by atoms with E-state index in [9.17, 15) is 4.79 Å². The molecule has 4 rings (SSSR count). The predicted octanol–water partition coefficient (Wildman–Crippen LogP) is 5.73. The minimum Gasteiger partial charge on any atom is -0.306 e. The van der Waals surface area contributed by atoms with Crippen LogP contribution in [0, 0.1) is 0 Å². The summed E-state index contributed by atoms with van der Waals surface area (Å²) in [5.74, 6) is 1.71. The molecular formula is C19H19Cl2N5OS2. The molecule has 1 saturated carbocycles. The molecule has 1 fully saturated rings. The summed E-state index contributed by atoms with van der Waals surface area (Å²) in [6.45, 7) is 3.01. The first-order valence-electron chi connectivity index (χ1n) is 9.32. The van der Waals surface area contributed by atoms with Gasteiger partial charge in [0, 0.05) is 28.4 Å². The van der Waals surface area contributed by atoms with Gasteiger partial charge in [0.25, 0.3) is 0 Å². The quantitative estimate of drug-likeness (QED) is 0.428. The Morgan fingerprint density at radius 3 is 2.90 bits per heavy atom. The lowest BCUT2D eigenvalue weighted by atomic mass is 10.2. The molecule has 152 valence electrons. The highest BCUT2D eigenvalue weighted by Crippen LogP contribution is 2.40. The second-order valence-corrected chi connectivity index (χ2v) is 9.41. The number of halogens is 2. The average molecular weight is 468 g/mol. The Labute approximate surface area is 187 Å². The van der Waals surface area contributed by atoms with Crippen molar-refractivity contribution in [2.24, 2.45) is 0 Å². The van der Waals surface area contributed by atoms with E-state index in [4.69, 9.17) is 23.2 Å². The second-order valence-electron chi connectivity index (χ2n) is 6.77. The first-order valence-corrected chi connectivity index (χ1v) is 11.9. The topological polar surface area (TPSA) is 72.7 Å². The first-order chi connectivity index (χ1) is 14.0. The number of nitrogens with zero attached hydrogens (tertiary/aromatic N) is 4. The van der Waals surface area contributed by atoms with Crippen LogP contribution in [-0.4, -0.2) is 31.4 Å². The summed E-state index contributed by atoms with van der Waals surface area (Å²) in [5, 5.41) is 15.8. The van der Waals surface area contributed by atoms with Crippen molar-refractivity contribution in [2.75, 3.05) is 11.1 Å². The van der Waals surface area contributed by atoms with Crippen LogP contribution in [0.15, 0.2) is 28.7 Å². The van der Waals surface area contributed by atoms with Gasteiger partial charge in [-0.1, -0.05) is 41.9 Å². The van der Waals surface area contributed by atoms with Gasteiger partial charge in [-0.2, -0.15) is 0 Å². The normalized spacial score (nSPS) is 13.6. The summed E-state index contributed by atoms with van der Waals surface area (Å²) in [4.78, 5) is 16.9. The molecule has 3 aromatic rings. The third kappa shape index (κ3) is 4.94. The number of hydrogen-bond donors (Lipinski definition) is 1. The van der Waals surface area contributed by atoms with Gasteiger partial charge in [-0.05, 0) is 37.5 Å². The van der Waals surface area contributed by atoms with Crippen LogP contribution in [-0.2, 0) is 11.3 Å². The van der Waals surface area contributed by atoms with Gasteiger partial charge < -0.3 is 9.88 Å². The molecule has 10 heteroatoms. The van der Waals surface area contributed by atoms with E-state index < -0.39 is 0 Å². The molecule has 1 aliphatic carbocycles. The number of benzene rings is 1. The Bertz CT molecular complexity index is 1030. The van der Waals surface area contributed by atoms with Crippen LogP contribution in [0.5, 0.6) is 0 Å². The van der Waals surface area contributed by atoms with E-state index in [1.165, 1.54) is 35.9 Å². The predicted molar refractivity (Wildman–Crippen MR) is 119 cm³/mol. The maximum atomic E-state index is 12.4. The van der Waals surface area contributed by atoms with Crippen LogP contribution in [0.4, 0.5) is 5.13 Å². The largest absolute Gasteiger partial charge is 0.306 e. The van der Waals surface area contributed by atoms with Crippen LogP contribution in [0.2, 0.25) is 10.0 Å². The number of nitrogens with one attached hydrogen (secondary N) is 1. The summed E-state index contributed by atoms with van der Waals surface area (Å²) in [7, 11) is 0. The molecular weight excluding hydrogens is 449 g/mol. The standard InChI is InChI=1S/C19H19Cl2N5OS2/c1-2-7-26-17(11-3-4-11)24-25-19(26)29-10-16(27)23-18-22-15(9-28-18)13-6-5-12(20)8-14(13)21/h5-6,8-9,11H,2-4,7,10H2,1H3,(H,22,23,27). The van der Waals surface area contributed by atoms with E-state index in [0.717, 1.165) is 29.5 Å². The molecule has 0 saturated heterocycles. The van der Waals surface area contributed by atoms with Crippen molar-refractivity contribution >= 4 is 57.3 Å². The average Bonchev–Trinajstić information content (AvgIpc) is 3.30. The fraction of sp³-hybridized carbons (Fsp3) is 0.368. The van der Waals surface area contributed by atoms with Crippen LogP contribution in [0.25, 0.3) is 11.3 Å². The Morgan fingerprint density at radius 1 is 1.34 bits per heavy atom. The van der Waals surface area contributed by atoms with E-state index in [1.807, 2.05) is 11.4 Å². The van der Waals surface area contributed by atoms with Crippen molar-refractivity contribution in [3.05, 3.63) is 39.4 Å². The number of rotatable bonds is 8. The third-order valence-corrected chi connectivity index (χ3v) is 6.70. The van der Waals surface area contributed by atoms with Crippen LogP contribution < -0.4 is 5.32 Å². The Morgan fingerprint density at radius 2 is 2.17 bits per heavy atom. The van der Waals surface area contributed by atoms with Gasteiger partial charge in [0.1, 0.15) is 5.82 Å². The van der Waals surface area contributed by atoms with E-state index >= 15 is 0 Å². The van der Waals surface area contributed by atoms with Gasteiger partial charge in [0.15, 0.2) is 10.3 Å². The number of amides is 1. The smallest absolute Gasteiger partial charge is 0.236 e. The van der Waals surface area contributed by atoms with Crippen molar-refractivity contribution in [2.45, 2.75) is 43.8 Å². The maximum absolute atomic E-state index is 12.4. The number of carbonyl (C=O) groups is 1. The fourth-order valence-corrected chi connectivity index (χ4v) is 4.93. The minimum atomic E-state index is -0.128. The zero-order chi connectivity index (χ0) is 20.4. The molecule has 1 amide bonds. The number of aromatic nitrogens is 4. The lowest BCUT2D eigenvalue weighted by Gasteiger charge is -2.08. The Hall–Kier alpha value is -1.61. The molecule has 0 spiro atoms. The van der Waals surface area contributed by atoms with Crippen molar-refractivity contribution in [1.29, 1.82) is 0 Å². The van der Waals surface area contributed by atoms with E-state index in [-0.39, 0.29) is 11.7 Å². The molecule has 0 atom stereocenters. The molecule has 1 aliphatic rings. The molecule has 6 nitrogen and oxygen atoms in total. The van der Waals surface area contributed by atoms with Gasteiger partial charge in [0.05, 0.1) is 16.5 Å². The Kier molecular flexibility index (Phi) is 6.44. The van der Waals surface area contributed by atoms with E-state index in [2.05, 4.69) is 32.0 Å². The van der Waals surface area contributed by atoms with Gasteiger partial charge in [-0.25, -0.2) is 4.98 Å². The summed E-state index contributed by atoms with van der Waals surface area (Å²) in [5.41, 5.74) is 1.49. The molecule has 0 bridgehead atoms. The lowest BCUT2D eigenvalue weighted by molar-refractivity contribution is -0.113. The summed E-state index contributed by atoms with van der Waals surface area (Å²) in [6, 6.07) is 5.26. The fourth-order valence-electron chi connectivity index (χ4n) is 2.92. The summed E-state index contributed by atoms with van der Waals surface area (Å²) >= 11 is 14.9. The Balaban J connectivity index is 1.38.